The summed E-state index contributed by atoms with van der Waals surface area (Å²) < 4.78 is 0. The summed E-state index contributed by atoms with van der Waals surface area (Å²) in [7, 11) is 0. The molecule has 2 aromatic carbocycles. The van der Waals surface area contributed by atoms with Gasteiger partial charge in [-0.3, -0.25) is 19.8 Å². The number of benzene rings is 2. The van der Waals surface area contributed by atoms with E-state index < -0.39 is 4.92 Å². The molecule has 0 bridgehead atoms. The largest absolute Gasteiger partial charge is 0.322 e. The van der Waals surface area contributed by atoms with E-state index in [2.05, 4.69) is 37.9 Å². The predicted octanol–water partition coefficient (Wildman–Crippen LogP) is 4.47. The van der Waals surface area contributed by atoms with Gasteiger partial charge in [-0.2, -0.15) is 0 Å². The van der Waals surface area contributed by atoms with E-state index in [9.17, 15) is 14.9 Å². The molecule has 0 saturated heterocycles. The molecule has 0 aliphatic heterocycles. The van der Waals surface area contributed by atoms with Crippen LogP contribution in [0, 0.1) is 10.1 Å². The number of anilines is 1. The fraction of sp³-hybridized carbons (Fsp3) is 0.350. The maximum atomic E-state index is 12.4. The highest BCUT2D eigenvalue weighted by Crippen LogP contribution is 2.24. The third kappa shape index (κ3) is 5.13. The number of amides is 1. The zero-order valence-electron chi connectivity index (χ0n) is 15.6. The summed E-state index contributed by atoms with van der Waals surface area (Å²) in [5, 5.41) is 14.1. The number of carbonyl (C=O) groups excluding carboxylic acids is 1. The summed E-state index contributed by atoms with van der Waals surface area (Å²) in [5.74, 6) is -0.290. The van der Waals surface area contributed by atoms with E-state index in [1.54, 1.807) is 36.4 Å². The van der Waals surface area contributed by atoms with Crippen molar-refractivity contribution in [2.24, 2.45) is 0 Å². The maximum Gasteiger partial charge on any atom is 0.271 e. The Morgan fingerprint density at radius 3 is 2.23 bits per heavy atom. The fourth-order valence-corrected chi connectivity index (χ4v) is 2.91. The molecule has 2 aromatic rings. The lowest BCUT2D eigenvalue weighted by atomic mass is 10.1. The van der Waals surface area contributed by atoms with Crippen molar-refractivity contribution in [3.63, 3.8) is 0 Å². The van der Waals surface area contributed by atoms with Crippen LogP contribution in [0.5, 0.6) is 0 Å². The monoisotopic (exact) mass is 355 g/mol. The first-order valence-electron chi connectivity index (χ1n) is 8.68. The van der Waals surface area contributed by atoms with Crippen molar-refractivity contribution >= 4 is 17.3 Å². The van der Waals surface area contributed by atoms with Gasteiger partial charge in [0.2, 0.25) is 0 Å². The zero-order valence-corrected chi connectivity index (χ0v) is 15.6. The van der Waals surface area contributed by atoms with Crippen molar-refractivity contribution in [2.45, 2.75) is 46.3 Å². The number of nitrogens with one attached hydrogen (secondary N) is 1. The SMILES string of the molecule is CC(C)N(Cc1cc(NC(=O)c2ccccc2)cc([N+](=O)[O-])c1)C(C)C. The molecule has 138 valence electrons. The molecule has 0 spiro atoms. The number of rotatable bonds is 7. The molecule has 0 saturated carbocycles. The van der Waals surface area contributed by atoms with E-state index in [0.29, 0.717) is 29.9 Å². The molecule has 0 atom stereocenters. The van der Waals surface area contributed by atoms with Crippen LogP contribution in [0.1, 0.15) is 43.6 Å². The highest BCUT2D eigenvalue weighted by Gasteiger charge is 2.17. The third-order valence-electron chi connectivity index (χ3n) is 4.17. The lowest BCUT2D eigenvalue weighted by molar-refractivity contribution is -0.384. The lowest BCUT2D eigenvalue weighted by Gasteiger charge is -2.30. The van der Waals surface area contributed by atoms with Gasteiger partial charge in [-0.25, -0.2) is 0 Å². The van der Waals surface area contributed by atoms with Crippen LogP contribution in [0.15, 0.2) is 48.5 Å². The van der Waals surface area contributed by atoms with Crippen molar-refractivity contribution in [2.75, 3.05) is 5.32 Å². The van der Waals surface area contributed by atoms with Crippen LogP contribution >= 0.6 is 0 Å². The Labute approximate surface area is 154 Å². The van der Waals surface area contributed by atoms with Gasteiger partial charge in [-0.15, -0.1) is 0 Å². The summed E-state index contributed by atoms with van der Waals surface area (Å²) in [5.41, 5.74) is 1.70. The minimum absolute atomic E-state index is 0.0293. The average molecular weight is 355 g/mol. The summed E-state index contributed by atoms with van der Waals surface area (Å²) >= 11 is 0. The molecule has 0 unspecified atom stereocenters. The van der Waals surface area contributed by atoms with Gasteiger partial charge in [0, 0.05) is 42.0 Å². The first-order valence-corrected chi connectivity index (χ1v) is 8.68. The smallest absolute Gasteiger partial charge is 0.271 e. The second-order valence-electron chi connectivity index (χ2n) is 6.83. The van der Waals surface area contributed by atoms with Gasteiger partial charge in [0.15, 0.2) is 0 Å². The minimum atomic E-state index is -0.434. The molecule has 0 radical (unpaired) electrons. The van der Waals surface area contributed by atoms with Crippen LogP contribution in [-0.2, 0) is 6.54 Å². The number of hydrogen-bond acceptors (Lipinski definition) is 4. The van der Waals surface area contributed by atoms with E-state index in [1.807, 2.05) is 6.07 Å². The van der Waals surface area contributed by atoms with E-state index in [-0.39, 0.29) is 11.6 Å². The van der Waals surface area contributed by atoms with Crippen molar-refractivity contribution in [1.29, 1.82) is 0 Å². The molecule has 26 heavy (non-hydrogen) atoms. The summed E-state index contributed by atoms with van der Waals surface area (Å²) in [6, 6.07) is 14.1. The van der Waals surface area contributed by atoms with E-state index in [1.165, 1.54) is 6.07 Å². The summed E-state index contributed by atoms with van der Waals surface area (Å²) in [4.78, 5) is 25.5. The Balaban J connectivity index is 2.30. The molecule has 1 amide bonds. The number of carbonyl (C=O) groups is 1. The van der Waals surface area contributed by atoms with Gasteiger partial charge in [0.05, 0.1) is 4.92 Å². The number of nitro benzene ring substituents is 1. The van der Waals surface area contributed by atoms with Crippen LogP contribution in [-0.4, -0.2) is 27.8 Å². The summed E-state index contributed by atoms with van der Waals surface area (Å²) in [6.07, 6.45) is 0. The van der Waals surface area contributed by atoms with Crippen LogP contribution in [0.4, 0.5) is 11.4 Å². The molecule has 0 aromatic heterocycles. The van der Waals surface area contributed by atoms with Gasteiger partial charge in [-0.05, 0) is 51.5 Å². The quantitative estimate of drug-likeness (QED) is 0.587. The first-order chi connectivity index (χ1) is 12.3. The second kappa shape index (κ2) is 8.58. The molecular weight excluding hydrogens is 330 g/mol. The minimum Gasteiger partial charge on any atom is -0.322 e. The Bertz CT molecular complexity index is 765. The lowest BCUT2D eigenvalue weighted by Crippen LogP contribution is -2.36. The fourth-order valence-electron chi connectivity index (χ4n) is 2.91. The Hall–Kier alpha value is -2.73. The van der Waals surface area contributed by atoms with Gasteiger partial charge in [0.25, 0.3) is 11.6 Å². The van der Waals surface area contributed by atoms with Crippen LogP contribution < -0.4 is 5.32 Å². The molecule has 0 aliphatic carbocycles. The number of nitrogens with zero attached hydrogens (tertiary/aromatic N) is 2. The van der Waals surface area contributed by atoms with Crippen LogP contribution in [0.25, 0.3) is 0 Å². The van der Waals surface area contributed by atoms with Crippen molar-refractivity contribution in [3.05, 3.63) is 69.8 Å². The number of hydrogen-bond donors (Lipinski definition) is 1. The van der Waals surface area contributed by atoms with Crippen molar-refractivity contribution in [1.82, 2.24) is 4.90 Å². The standard InChI is InChI=1S/C20H25N3O3/c1-14(2)22(15(3)4)13-16-10-18(12-19(11-16)23(25)26)21-20(24)17-8-6-5-7-9-17/h5-12,14-15H,13H2,1-4H3,(H,21,24). The normalized spacial score (nSPS) is 11.2. The van der Waals surface area contributed by atoms with Gasteiger partial charge < -0.3 is 5.32 Å². The van der Waals surface area contributed by atoms with Crippen molar-refractivity contribution in [3.8, 4) is 0 Å². The second-order valence-corrected chi connectivity index (χ2v) is 6.83. The Morgan fingerprint density at radius 2 is 1.69 bits per heavy atom. The third-order valence-corrected chi connectivity index (χ3v) is 4.17. The Kier molecular flexibility index (Phi) is 6.46. The predicted molar refractivity (Wildman–Crippen MR) is 103 cm³/mol. The van der Waals surface area contributed by atoms with Crippen LogP contribution in [0.3, 0.4) is 0 Å². The summed E-state index contributed by atoms with van der Waals surface area (Å²) in [6.45, 7) is 8.95. The molecule has 2 rings (SSSR count). The highest BCUT2D eigenvalue weighted by atomic mass is 16.6. The molecule has 0 fully saturated rings. The number of non-ortho nitro benzene ring substituents is 1. The Morgan fingerprint density at radius 1 is 1.08 bits per heavy atom. The van der Waals surface area contributed by atoms with Gasteiger partial charge >= 0.3 is 0 Å². The first kappa shape index (κ1) is 19.6. The molecule has 0 heterocycles. The molecule has 0 aliphatic rings. The maximum absolute atomic E-state index is 12.4. The molecular formula is C20H25N3O3. The molecule has 6 nitrogen and oxygen atoms in total. The van der Waals surface area contributed by atoms with E-state index in [4.69, 9.17) is 0 Å². The van der Waals surface area contributed by atoms with Gasteiger partial charge in [0.1, 0.15) is 0 Å². The van der Waals surface area contributed by atoms with Gasteiger partial charge in [-0.1, -0.05) is 18.2 Å². The average Bonchev–Trinajstić information content (AvgIpc) is 2.59. The van der Waals surface area contributed by atoms with Crippen molar-refractivity contribution < 1.29 is 9.72 Å². The zero-order chi connectivity index (χ0) is 19.3. The van der Waals surface area contributed by atoms with Crippen LogP contribution in [0.2, 0.25) is 0 Å². The topological polar surface area (TPSA) is 75.5 Å². The molecule has 1 N–H and O–H groups in total. The molecule has 6 heteroatoms. The van der Waals surface area contributed by atoms with E-state index >= 15 is 0 Å². The van der Waals surface area contributed by atoms with E-state index in [0.717, 1.165) is 5.56 Å². The number of nitro groups is 1. The highest BCUT2D eigenvalue weighted by molar-refractivity contribution is 6.04.